The minimum Gasteiger partial charge on any atom is -0.392 e. The van der Waals surface area contributed by atoms with E-state index in [4.69, 9.17) is 0 Å². The summed E-state index contributed by atoms with van der Waals surface area (Å²) in [6, 6.07) is 15.2. The van der Waals surface area contributed by atoms with Crippen molar-refractivity contribution < 1.29 is 9.90 Å². The third-order valence-corrected chi connectivity index (χ3v) is 5.75. The number of benzene rings is 2. The highest BCUT2D eigenvalue weighted by Crippen LogP contribution is 2.32. The first kappa shape index (κ1) is 20.0. The molecule has 5 rings (SSSR count). The highest BCUT2D eigenvalue weighted by molar-refractivity contribution is 6.04. The van der Waals surface area contributed by atoms with Crippen LogP contribution in [0.1, 0.15) is 40.4 Å². The van der Waals surface area contributed by atoms with E-state index in [1.54, 1.807) is 6.07 Å². The number of carbonyl (C=O) groups excluding carboxylic acids is 1. The number of aromatic nitrogens is 3. The molecule has 3 N–H and O–H groups in total. The number of fused-ring (bicyclic) bond motifs is 1. The Labute approximate surface area is 182 Å². The Morgan fingerprint density at radius 3 is 2.53 bits per heavy atom. The van der Waals surface area contributed by atoms with Gasteiger partial charge in [0.2, 0.25) is 0 Å². The molecular formula is C24H22N4O4. The molecule has 0 saturated heterocycles. The van der Waals surface area contributed by atoms with Crippen LogP contribution >= 0.6 is 0 Å². The number of aliphatic hydroxyl groups is 1. The van der Waals surface area contributed by atoms with E-state index in [0.29, 0.717) is 12.2 Å². The minimum atomic E-state index is -0.565. The fourth-order valence-electron chi connectivity index (χ4n) is 3.86. The third-order valence-electron chi connectivity index (χ3n) is 5.75. The Hall–Kier alpha value is -3.91. The quantitative estimate of drug-likeness (QED) is 0.437. The molecule has 8 heteroatoms. The predicted molar refractivity (Wildman–Crippen MR) is 121 cm³/mol. The van der Waals surface area contributed by atoms with Crippen LogP contribution in [0.15, 0.2) is 70.5 Å². The van der Waals surface area contributed by atoms with Crippen LogP contribution < -0.4 is 16.6 Å². The van der Waals surface area contributed by atoms with Crippen LogP contribution in [0.25, 0.3) is 10.9 Å². The number of aromatic amines is 1. The molecule has 1 amide bonds. The molecule has 0 spiro atoms. The number of hydrogen-bond acceptors (Lipinski definition) is 4. The lowest BCUT2D eigenvalue weighted by molar-refractivity contribution is 0.102. The number of nitrogens with zero attached hydrogens (tertiary/aromatic N) is 2. The zero-order valence-electron chi connectivity index (χ0n) is 17.2. The van der Waals surface area contributed by atoms with E-state index in [1.807, 2.05) is 48.7 Å². The lowest BCUT2D eigenvalue weighted by Crippen LogP contribution is -2.38. The molecule has 0 aliphatic heterocycles. The zero-order valence-corrected chi connectivity index (χ0v) is 17.2. The summed E-state index contributed by atoms with van der Waals surface area (Å²) >= 11 is 0. The predicted octanol–water partition coefficient (Wildman–Crippen LogP) is 2.62. The summed E-state index contributed by atoms with van der Waals surface area (Å²) in [6.45, 7) is 0.648. The molecule has 0 radical (unpaired) electrons. The molecule has 1 fully saturated rings. The van der Waals surface area contributed by atoms with Gasteiger partial charge in [-0.15, -0.1) is 0 Å². The van der Waals surface area contributed by atoms with E-state index < -0.39 is 17.2 Å². The lowest BCUT2D eigenvalue weighted by atomic mass is 10.1. The number of anilines is 1. The van der Waals surface area contributed by atoms with Crippen LogP contribution in [-0.4, -0.2) is 25.1 Å². The molecule has 1 aliphatic carbocycles. The number of H-pyrrole nitrogens is 1. The maximum atomic E-state index is 12.8. The van der Waals surface area contributed by atoms with E-state index in [9.17, 15) is 19.5 Å². The van der Waals surface area contributed by atoms with Crippen molar-refractivity contribution in [1.29, 1.82) is 0 Å². The number of hydrogen-bond donors (Lipinski definition) is 3. The van der Waals surface area contributed by atoms with E-state index in [0.717, 1.165) is 39.4 Å². The Kier molecular flexibility index (Phi) is 4.99. The molecule has 4 aromatic rings. The van der Waals surface area contributed by atoms with Gasteiger partial charge in [0.15, 0.2) is 0 Å². The molecule has 2 aromatic carbocycles. The van der Waals surface area contributed by atoms with Crippen molar-refractivity contribution >= 4 is 22.5 Å². The Morgan fingerprint density at radius 1 is 1.06 bits per heavy atom. The van der Waals surface area contributed by atoms with Gasteiger partial charge >= 0.3 is 5.69 Å². The first-order valence-electron chi connectivity index (χ1n) is 10.5. The topological polar surface area (TPSA) is 109 Å². The first-order chi connectivity index (χ1) is 15.5. The average Bonchev–Trinajstić information content (AvgIpc) is 3.55. The molecule has 8 nitrogen and oxygen atoms in total. The molecule has 0 bridgehead atoms. The number of nitrogens with one attached hydrogen (secondary N) is 2. The van der Waals surface area contributed by atoms with Crippen molar-refractivity contribution in [3.05, 3.63) is 98.5 Å². The largest absolute Gasteiger partial charge is 0.392 e. The molecular weight excluding hydrogens is 408 g/mol. The normalized spacial score (nSPS) is 13.4. The highest BCUT2D eigenvalue weighted by Gasteiger charge is 2.28. The van der Waals surface area contributed by atoms with Crippen molar-refractivity contribution in [3.8, 4) is 0 Å². The maximum Gasteiger partial charge on any atom is 0.328 e. The van der Waals surface area contributed by atoms with E-state index >= 15 is 0 Å². The Morgan fingerprint density at radius 2 is 1.81 bits per heavy atom. The standard InChI is InChI=1S/C24H22N4O4/c29-14-16-3-1-15(2-4-16)13-27-10-9-17-5-6-18(11-21(17)27)26-22(30)20-12-25-24(32)28(23(20)31)19-7-8-19/h1-6,9-12,19,29H,7-8,13-14H2,(H,25,32)(H,26,30). The van der Waals surface area contributed by atoms with Crippen molar-refractivity contribution in [2.45, 2.75) is 32.0 Å². The molecule has 162 valence electrons. The van der Waals surface area contributed by atoms with Crippen molar-refractivity contribution in [1.82, 2.24) is 14.1 Å². The summed E-state index contributed by atoms with van der Waals surface area (Å²) in [7, 11) is 0. The van der Waals surface area contributed by atoms with Gasteiger partial charge in [0.1, 0.15) is 5.56 Å². The first-order valence-corrected chi connectivity index (χ1v) is 10.5. The van der Waals surface area contributed by atoms with E-state index in [-0.39, 0.29) is 18.2 Å². The summed E-state index contributed by atoms with van der Waals surface area (Å²) in [4.78, 5) is 39.9. The Bertz CT molecular complexity index is 1430. The van der Waals surface area contributed by atoms with Crippen LogP contribution in [0.4, 0.5) is 5.69 Å². The van der Waals surface area contributed by atoms with Gasteiger partial charge in [-0.3, -0.25) is 14.2 Å². The van der Waals surface area contributed by atoms with E-state index in [1.165, 1.54) is 6.20 Å². The van der Waals surface area contributed by atoms with Gasteiger partial charge in [0.05, 0.1) is 12.1 Å². The Balaban J connectivity index is 1.41. The third kappa shape index (κ3) is 3.76. The van der Waals surface area contributed by atoms with Crippen LogP contribution in [0, 0.1) is 0 Å². The van der Waals surface area contributed by atoms with Gasteiger partial charge in [-0.25, -0.2) is 4.79 Å². The van der Waals surface area contributed by atoms with Crippen LogP contribution in [-0.2, 0) is 13.2 Å². The minimum absolute atomic E-state index is 0.0107. The monoisotopic (exact) mass is 430 g/mol. The fraction of sp³-hybridized carbons (Fsp3) is 0.208. The van der Waals surface area contributed by atoms with E-state index in [2.05, 4.69) is 14.9 Å². The number of carbonyl (C=O) groups is 1. The van der Waals surface area contributed by atoms with Gasteiger partial charge < -0.3 is 20.0 Å². The summed E-state index contributed by atoms with van der Waals surface area (Å²) in [5, 5.41) is 13.0. The van der Waals surface area contributed by atoms with Gasteiger partial charge in [-0.2, -0.15) is 0 Å². The molecule has 0 atom stereocenters. The summed E-state index contributed by atoms with van der Waals surface area (Å²) in [6.07, 6.45) is 4.69. The van der Waals surface area contributed by atoms with Gasteiger partial charge in [-0.1, -0.05) is 30.3 Å². The van der Waals surface area contributed by atoms with Gasteiger partial charge in [-0.05, 0) is 47.6 Å². The fourth-order valence-corrected chi connectivity index (χ4v) is 3.86. The van der Waals surface area contributed by atoms with Crippen LogP contribution in [0.2, 0.25) is 0 Å². The second-order valence-corrected chi connectivity index (χ2v) is 8.06. The molecule has 1 aliphatic rings. The highest BCUT2D eigenvalue weighted by atomic mass is 16.3. The summed E-state index contributed by atoms with van der Waals surface area (Å²) < 4.78 is 3.20. The van der Waals surface area contributed by atoms with Gasteiger partial charge in [0, 0.05) is 30.7 Å². The smallest absolute Gasteiger partial charge is 0.328 e. The second kappa shape index (κ2) is 7.97. The number of aliphatic hydroxyl groups excluding tert-OH is 1. The van der Waals surface area contributed by atoms with Crippen molar-refractivity contribution in [2.75, 3.05) is 5.32 Å². The van der Waals surface area contributed by atoms with Crippen LogP contribution in [0.5, 0.6) is 0 Å². The second-order valence-electron chi connectivity index (χ2n) is 8.06. The summed E-state index contributed by atoms with van der Waals surface area (Å²) in [5.41, 5.74) is 2.30. The molecule has 2 heterocycles. The molecule has 32 heavy (non-hydrogen) atoms. The molecule has 1 saturated carbocycles. The average molecular weight is 430 g/mol. The number of rotatable bonds is 6. The van der Waals surface area contributed by atoms with Gasteiger partial charge in [0.25, 0.3) is 11.5 Å². The number of amides is 1. The SMILES string of the molecule is O=C(Nc1ccc2ccn(Cc3ccc(CO)cc3)c2c1)c1c[nH]c(=O)n(C2CC2)c1=O. The lowest BCUT2D eigenvalue weighted by Gasteiger charge is -2.10. The molecule has 0 unspecified atom stereocenters. The molecule has 2 aromatic heterocycles. The van der Waals surface area contributed by atoms with Crippen molar-refractivity contribution in [3.63, 3.8) is 0 Å². The van der Waals surface area contributed by atoms with Crippen molar-refractivity contribution in [2.24, 2.45) is 0 Å². The van der Waals surface area contributed by atoms with Crippen LogP contribution in [0.3, 0.4) is 0 Å². The maximum absolute atomic E-state index is 12.8. The zero-order chi connectivity index (χ0) is 22.2. The summed E-state index contributed by atoms with van der Waals surface area (Å²) in [5.74, 6) is -0.558.